The fourth-order valence-electron chi connectivity index (χ4n) is 4.68. The standard InChI is InChI=1S/C27H31ClN8O2/c1-4-35(5-2)17-23-24(25(33-38-23)18-7-6-8-19(28)15-18)21-9-12-29-27(31-21)30-20-10-14-36(16-20)26(37)22-11-13-34(3)32-22/h6-9,11-13,15,20H,4-5,10,14,16-17H2,1-3H3,(H,29,30,31)/t20-/m1/s1. The molecular weight excluding hydrogens is 504 g/mol. The number of aromatic nitrogens is 5. The predicted molar refractivity (Wildman–Crippen MR) is 146 cm³/mol. The van der Waals surface area contributed by atoms with E-state index >= 15 is 0 Å². The molecule has 0 saturated carbocycles. The molecule has 1 amide bonds. The first kappa shape index (κ1) is 25.9. The highest BCUT2D eigenvalue weighted by molar-refractivity contribution is 6.30. The molecule has 10 nitrogen and oxygen atoms in total. The van der Waals surface area contributed by atoms with Gasteiger partial charge in [0.25, 0.3) is 5.91 Å². The highest BCUT2D eigenvalue weighted by atomic mass is 35.5. The molecule has 11 heteroatoms. The van der Waals surface area contributed by atoms with E-state index in [2.05, 4.69) is 39.3 Å². The first-order valence-electron chi connectivity index (χ1n) is 12.8. The Morgan fingerprint density at radius 1 is 1.24 bits per heavy atom. The summed E-state index contributed by atoms with van der Waals surface area (Å²) in [6.45, 7) is 7.81. The molecule has 1 saturated heterocycles. The minimum absolute atomic E-state index is 0.0305. The lowest BCUT2D eigenvalue weighted by Crippen LogP contribution is -2.32. The molecule has 5 rings (SSSR count). The van der Waals surface area contributed by atoms with Crippen molar-refractivity contribution in [2.24, 2.45) is 7.05 Å². The van der Waals surface area contributed by atoms with Crippen LogP contribution in [0.15, 0.2) is 53.3 Å². The number of benzene rings is 1. The summed E-state index contributed by atoms with van der Waals surface area (Å²) in [4.78, 5) is 26.2. The van der Waals surface area contributed by atoms with E-state index in [9.17, 15) is 4.79 Å². The Balaban J connectivity index is 1.40. The Morgan fingerprint density at radius 2 is 2.08 bits per heavy atom. The lowest BCUT2D eigenvalue weighted by atomic mass is 10.0. The average Bonchev–Trinajstić information content (AvgIpc) is 3.67. The van der Waals surface area contributed by atoms with Gasteiger partial charge in [-0.1, -0.05) is 42.7 Å². The summed E-state index contributed by atoms with van der Waals surface area (Å²) in [5.41, 5.74) is 3.53. The van der Waals surface area contributed by atoms with E-state index in [0.717, 1.165) is 36.4 Å². The van der Waals surface area contributed by atoms with E-state index in [0.29, 0.717) is 47.7 Å². The van der Waals surface area contributed by atoms with Gasteiger partial charge in [0.15, 0.2) is 5.76 Å². The fourth-order valence-corrected chi connectivity index (χ4v) is 4.87. The predicted octanol–water partition coefficient (Wildman–Crippen LogP) is 4.35. The topological polar surface area (TPSA) is 105 Å². The van der Waals surface area contributed by atoms with Crippen LogP contribution in [-0.4, -0.2) is 72.8 Å². The van der Waals surface area contributed by atoms with E-state index in [1.165, 1.54) is 0 Å². The lowest BCUT2D eigenvalue weighted by molar-refractivity contribution is 0.0785. The van der Waals surface area contributed by atoms with E-state index in [-0.39, 0.29) is 11.9 Å². The number of halogens is 1. The van der Waals surface area contributed by atoms with Gasteiger partial charge in [-0.15, -0.1) is 0 Å². The second kappa shape index (κ2) is 11.3. The summed E-state index contributed by atoms with van der Waals surface area (Å²) < 4.78 is 7.50. The number of amides is 1. The second-order valence-corrected chi connectivity index (χ2v) is 9.76. The van der Waals surface area contributed by atoms with E-state index in [1.54, 1.807) is 30.2 Å². The number of carbonyl (C=O) groups is 1. The largest absolute Gasteiger partial charge is 0.359 e. The van der Waals surface area contributed by atoms with Crippen LogP contribution in [0.2, 0.25) is 5.02 Å². The highest BCUT2D eigenvalue weighted by Gasteiger charge is 2.29. The molecule has 0 unspecified atom stereocenters. The first-order valence-corrected chi connectivity index (χ1v) is 13.2. The SMILES string of the molecule is CCN(CC)Cc1onc(-c2cccc(Cl)c2)c1-c1ccnc(N[C@@H]2CCN(C(=O)c3ccn(C)n3)C2)n1. The molecule has 1 N–H and O–H groups in total. The first-order chi connectivity index (χ1) is 18.4. The maximum Gasteiger partial charge on any atom is 0.274 e. The zero-order chi connectivity index (χ0) is 26.6. The van der Waals surface area contributed by atoms with E-state index < -0.39 is 0 Å². The minimum Gasteiger partial charge on any atom is -0.359 e. The zero-order valence-corrected chi connectivity index (χ0v) is 22.5. The van der Waals surface area contributed by atoms with Gasteiger partial charge < -0.3 is 14.7 Å². The molecule has 4 aromatic rings. The number of nitrogens with one attached hydrogen (secondary N) is 1. The Labute approximate surface area is 226 Å². The Bertz CT molecular complexity index is 1410. The Kier molecular flexibility index (Phi) is 7.71. The van der Waals surface area contributed by atoms with Crippen LogP contribution in [0.25, 0.3) is 22.5 Å². The van der Waals surface area contributed by atoms with Crippen LogP contribution in [0.1, 0.15) is 36.5 Å². The third-order valence-electron chi connectivity index (χ3n) is 6.78. The van der Waals surface area contributed by atoms with Crippen LogP contribution < -0.4 is 5.32 Å². The van der Waals surface area contributed by atoms with Crippen molar-refractivity contribution in [1.29, 1.82) is 0 Å². The fraction of sp³-hybridized carbons (Fsp3) is 0.370. The molecule has 0 bridgehead atoms. The summed E-state index contributed by atoms with van der Waals surface area (Å²) in [5.74, 6) is 1.16. The van der Waals surface area contributed by atoms with Gasteiger partial charge in [-0.3, -0.25) is 14.4 Å². The van der Waals surface area contributed by atoms with Crippen LogP contribution in [0.3, 0.4) is 0 Å². The molecule has 38 heavy (non-hydrogen) atoms. The molecule has 1 aliphatic heterocycles. The number of nitrogens with zero attached hydrogens (tertiary/aromatic N) is 7. The molecule has 3 aromatic heterocycles. The molecular formula is C27H31ClN8O2. The van der Waals surface area contributed by atoms with Crippen molar-refractivity contribution < 1.29 is 9.32 Å². The van der Waals surface area contributed by atoms with Crippen molar-refractivity contribution in [3.63, 3.8) is 0 Å². The third kappa shape index (κ3) is 5.56. The number of hydrogen-bond acceptors (Lipinski definition) is 8. The van der Waals surface area contributed by atoms with Crippen molar-refractivity contribution in [3.05, 3.63) is 65.3 Å². The average molecular weight is 535 g/mol. The summed E-state index contributed by atoms with van der Waals surface area (Å²) in [7, 11) is 1.80. The van der Waals surface area contributed by atoms with Gasteiger partial charge >= 0.3 is 0 Å². The second-order valence-electron chi connectivity index (χ2n) is 9.32. The van der Waals surface area contributed by atoms with Crippen molar-refractivity contribution in [3.8, 4) is 22.5 Å². The number of carbonyl (C=O) groups excluding carboxylic acids is 1. The van der Waals surface area contributed by atoms with Crippen LogP contribution in [0.5, 0.6) is 0 Å². The number of rotatable bonds is 9. The van der Waals surface area contributed by atoms with Crippen LogP contribution >= 0.6 is 11.6 Å². The van der Waals surface area contributed by atoms with Gasteiger partial charge in [0.05, 0.1) is 17.8 Å². The molecule has 4 heterocycles. The monoisotopic (exact) mass is 534 g/mol. The Morgan fingerprint density at radius 3 is 2.82 bits per heavy atom. The number of anilines is 1. The van der Waals surface area contributed by atoms with Gasteiger partial charge in [-0.25, -0.2) is 9.97 Å². The molecule has 0 radical (unpaired) electrons. The summed E-state index contributed by atoms with van der Waals surface area (Å²) >= 11 is 6.29. The molecule has 198 valence electrons. The van der Waals surface area contributed by atoms with Crippen molar-refractivity contribution in [2.75, 3.05) is 31.5 Å². The summed E-state index contributed by atoms with van der Waals surface area (Å²) in [6, 6.07) is 11.2. The number of likely N-dealkylation sites (tertiary alicyclic amines) is 1. The maximum absolute atomic E-state index is 12.8. The number of aryl methyl sites for hydroxylation is 1. The lowest BCUT2D eigenvalue weighted by Gasteiger charge is -2.17. The number of hydrogen-bond donors (Lipinski definition) is 1. The molecule has 0 spiro atoms. The molecule has 1 fully saturated rings. The molecule has 1 aliphatic rings. The van der Waals surface area contributed by atoms with E-state index in [1.807, 2.05) is 35.2 Å². The van der Waals surface area contributed by atoms with Gasteiger partial charge in [0.2, 0.25) is 5.95 Å². The van der Waals surface area contributed by atoms with Crippen molar-refractivity contribution >= 4 is 23.5 Å². The highest BCUT2D eigenvalue weighted by Crippen LogP contribution is 2.35. The molecule has 1 atom stereocenters. The van der Waals surface area contributed by atoms with Crippen molar-refractivity contribution in [1.82, 2.24) is 34.7 Å². The van der Waals surface area contributed by atoms with Gasteiger partial charge in [0, 0.05) is 49.2 Å². The maximum atomic E-state index is 12.8. The smallest absolute Gasteiger partial charge is 0.274 e. The van der Waals surface area contributed by atoms with Gasteiger partial charge in [0.1, 0.15) is 11.4 Å². The summed E-state index contributed by atoms with van der Waals surface area (Å²) in [6.07, 6.45) is 4.29. The van der Waals surface area contributed by atoms with E-state index in [4.69, 9.17) is 21.1 Å². The normalized spacial score (nSPS) is 15.4. The molecule has 1 aromatic carbocycles. The van der Waals surface area contributed by atoms with Gasteiger partial charge in [-0.05, 0) is 43.8 Å². The third-order valence-corrected chi connectivity index (χ3v) is 7.01. The minimum atomic E-state index is -0.0683. The summed E-state index contributed by atoms with van der Waals surface area (Å²) in [5, 5.41) is 12.7. The van der Waals surface area contributed by atoms with Crippen molar-refractivity contribution in [2.45, 2.75) is 32.9 Å². The molecule has 0 aliphatic carbocycles. The van der Waals surface area contributed by atoms with Gasteiger partial charge in [-0.2, -0.15) is 5.10 Å². The van der Waals surface area contributed by atoms with Crippen LogP contribution in [0, 0.1) is 0 Å². The quantitative estimate of drug-likeness (QED) is 0.338. The zero-order valence-electron chi connectivity index (χ0n) is 21.8. The van der Waals surface area contributed by atoms with Crippen LogP contribution in [-0.2, 0) is 13.6 Å². The van der Waals surface area contributed by atoms with Crippen LogP contribution in [0.4, 0.5) is 5.95 Å². The Hall–Kier alpha value is -3.76.